The highest BCUT2D eigenvalue weighted by Gasteiger charge is 2.26. The molecular formula is C21H28N10. The van der Waals surface area contributed by atoms with Crippen molar-refractivity contribution >= 4 is 89.2 Å². The molecule has 0 saturated carbocycles. The lowest BCUT2D eigenvalue weighted by molar-refractivity contribution is 1.37. The summed E-state index contributed by atoms with van der Waals surface area (Å²) in [7, 11) is 1.68. The van der Waals surface area contributed by atoms with Gasteiger partial charge >= 0.3 is 0 Å². The molecule has 10 heteroatoms. The third kappa shape index (κ3) is 2.15. The predicted octanol–water partition coefficient (Wildman–Crippen LogP) is 2.04. The average molecular weight is 421 g/mol. The molecule has 0 aromatic heterocycles. The molecule has 0 aliphatic carbocycles. The van der Waals surface area contributed by atoms with E-state index in [0.29, 0.717) is 66.4 Å². The van der Waals surface area contributed by atoms with E-state index in [2.05, 4.69) is 5.32 Å². The number of hydrogen-bond donors (Lipinski definition) is 10. The molecule has 0 amide bonds. The van der Waals surface area contributed by atoms with E-state index in [1.165, 1.54) is 0 Å². The first-order valence-corrected chi connectivity index (χ1v) is 9.60. The van der Waals surface area contributed by atoms with Gasteiger partial charge in [-0.2, -0.15) is 0 Å². The molecule has 4 rings (SSSR count). The SMILES string of the molecule is CNc1c(N)c(N)c2c(N)c3c(N)c4c(N)c(C)c(C)c(N)c4c(N)c3c(N)c2c1N. The van der Waals surface area contributed by atoms with E-state index in [9.17, 15) is 0 Å². The second-order valence-electron chi connectivity index (χ2n) is 7.85. The summed E-state index contributed by atoms with van der Waals surface area (Å²) in [5.41, 5.74) is 63.3. The Hall–Kier alpha value is -4.34. The van der Waals surface area contributed by atoms with E-state index in [4.69, 9.17) is 51.6 Å². The minimum Gasteiger partial charge on any atom is -0.398 e. The molecule has 4 aromatic carbocycles. The van der Waals surface area contributed by atoms with Crippen LogP contribution in [0.3, 0.4) is 0 Å². The van der Waals surface area contributed by atoms with Gasteiger partial charge < -0.3 is 56.9 Å². The van der Waals surface area contributed by atoms with E-state index in [-0.39, 0.29) is 22.7 Å². The molecule has 0 saturated heterocycles. The summed E-state index contributed by atoms with van der Waals surface area (Å²) in [5.74, 6) is 0. The van der Waals surface area contributed by atoms with Crippen LogP contribution in [0.5, 0.6) is 0 Å². The molecule has 0 fully saturated rings. The molecule has 4 aromatic rings. The Kier molecular flexibility index (Phi) is 3.91. The standard InChI is InChI=1S/C21H28N10/c1-4-5(2)13(23)7-6(12(4)22)14(24)8-9(15(7)25)17(27)11-10(16(8)26)18(28)20(30)21(31-3)19(11)29/h31H,22-30H2,1-3H3. The molecular weight excluding hydrogens is 392 g/mol. The summed E-state index contributed by atoms with van der Waals surface area (Å²) in [6, 6.07) is 0. The summed E-state index contributed by atoms with van der Waals surface area (Å²) in [6.45, 7) is 3.75. The van der Waals surface area contributed by atoms with Crippen molar-refractivity contribution in [3.05, 3.63) is 11.1 Å². The number of nitrogen functional groups attached to an aromatic ring is 9. The van der Waals surface area contributed by atoms with Gasteiger partial charge in [-0.1, -0.05) is 0 Å². The Morgan fingerprint density at radius 2 is 0.677 bits per heavy atom. The minimum atomic E-state index is 0.241. The Bertz CT molecular complexity index is 1470. The summed E-state index contributed by atoms with van der Waals surface area (Å²) in [4.78, 5) is 0. The summed E-state index contributed by atoms with van der Waals surface area (Å²) in [5, 5.41) is 5.77. The van der Waals surface area contributed by atoms with Crippen LogP contribution in [-0.2, 0) is 0 Å². The van der Waals surface area contributed by atoms with Gasteiger partial charge in [-0.15, -0.1) is 0 Å². The lowest BCUT2D eigenvalue weighted by Gasteiger charge is -2.24. The monoisotopic (exact) mass is 420 g/mol. The number of anilines is 10. The molecule has 0 aliphatic rings. The second kappa shape index (κ2) is 6.08. The lowest BCUT2D eigenvalue weighted by atomic mass is 9.88. The highest BCUT2D eigenvalue weighted by atomic mass is 14.9. The number of fused-ring (bicyclic) bond motifs is 3. The molecule has 31 heavy (non-hydrogen) atoms. The van der Waals surface area contributed by atoms with Crippen LogP contribution in [0.25, 0.3) is 32.3 Å². The molecule has 0 unspecified atom stereocenters. The van der Waals surface area contributed by atoms with Crippen LogP contribution in [0.4, 0.5) is 56.9 Å². The number of nitrogens with one attached hydrogen (secondary N) is 1. The van der Waals surface area contributed by atoms with Crippen LogP contribution < -0.4 is 56.9 Å². The van der Waals surface area contributed by atoms with Gasteiger partial charge in [0.1, 0.15) is 0 Å². The van der Waals surface area contributed by atoms with Gasteiger partial charge in [0.2, 0.25) is 0 Å². The molecule has 19 N–H and O–H groups in total. The third-order valence-corrected chi connectivity index (χ3v) is 6.43. The first kappa shape index (κ1) is 20.0. The van der Waals surface area contributed by atoms with Crippen molar-refractivity contribution in [1.82, 2.24) is 0 Å². The zero-order valence-electron chi connectivity index (χ0n) is 17.7. The Morgan fingerprint density at radius 1 is 0.387 bits per heavy atom. The fraction of sp³-hybridized carbons (Fsp3) is 0.143. The molecule has 0 radical (unpaired) electrons. The first-order valence-electron chi connectivity index (χ1n) is 9.60. The summed E-state index contributed by atoms with van der Waals surface area (Å²) >= 11 is 0. The first-order chi connectivity index (χ1) is 14.5. The van der Waals surface area contributed by atoms with E-state index < -0.39 is 0 Å². The predicted molar refractivity (Wildman–Crippen MR) is 138 cm³/mol. The van der Waals surface area contributed by atoms with Crippen molar-refractivity contribution in [1.29, 1.82) is 0 Å². The van der Waals surface area contributed by atoms with Crippen LogP contribution in [0.15, 0.2) is 0 Å². The average Bonchev–Trinajstić information content (AvgIpc) is 2.72. The highest BCUT2D eigenvalue weighted by molar-refractivity contribution is 6.37. The van der Waals surface area contributed by atoms with Gasteiger partial charge in [0.25, 0.3) is 0 Å². The van der Waals surface area contributed by atoms with Gasteiger partial charge in [-0.3, -0.25) is 0 Å². The van der Waals surface area contributed by atoms with E-state index in [1.54, 1.807) is 7.05 Å². The van der Waals surface area contributed by atoms with Gasteiger partial charge in [0.15, 0.2) is 0 Å². The maximum absolute atomic E-state index is 6.62. The van der Waals surface area contributed by atoms with Gasteiger partial charge in [-0.25, -0.2) is 0 Å². The van der Waals surface area contributed by atoms with Gasteiger partial charge in [0, 0.05) is 50.7 Å². The maximum Gasteiger partial charge on any atom is 0.0833 e. The fourth-order valence-corrected chi connectivity index (χ4v) is 4.57. The third-order valence-electron chi connectivity index (χ3n) is 6.43. The molecule has 0 bridgehead atoms. The Balaban J connectivity index is 2.47. The van der Waals surface area contributed by atoms with Crippen molar-refractivity contribution in [3.63, 3.8) is 0 Å². The van der Waals surface area contributed by atoms with E-state index in [1.807, 2.05) is 13.8 Å². The smallest absolute Gasteiger partial charge is 0.0833 e. The van der Waals surface area contributed by atoms with Crippen LogP contribution in [0.1, 0.15) is 11.1 Å². The number of benzene rings is 4. The molecule has 0 heterocycles. The topological polar surface area (TPSA) is 246 Å². The second-order valence-corrected chi connectivity index (χ2v) is 7.85. The Labute approximate surface area is 178 Å². The quantitative estimate of drug-likeness (QED) is 0.122. The Morgan fingerprint density at radius 3 is 1.03 bits per heavy atom. The van der Waals surface area contributed by atoms with Crippen LogP contribution in [-0.4, -0.2) is 7.05 Å². The van der Waals surface area contributed by atoms with Gasteiger partial charge in [0.05, 0.1) is 45.5 Å². The fourth-order valence-electron chi connectivity index (χ4n) is 4.57. The molecule has 162 valence electrons. The van der Waals surface area contributed by atoms with Gasteiger partial charge in [-0.05, 0) is 25.0 Å². The van der Waals surface area contributed by atoms with E-state index in [0.717, 1.165) is 11.1 Å². The maximum atomic E-state index is 6.62. The normalized spacial score (nSPS) is 11.6. The van der Waals surface area contributed by atoms with Crippen molar-refractivity contribution in [2.24, 2.45) is 0 Å². The summed E-state index contributed by atoms with van der Waals surface area (Å²) < 4.78 is 0. The highest BCUT2D eigenvalue weighted by Crippen LogP contribution is 2.54. The summed E-state index contributed by atoms with van der Waals surface area (Å²) in [6.07, 6.45) is 0. The van der Waals surface area contributed by atoms with Crippen LogP contribution >= 0.6 is 0 Å². The largest absolute Gasteiger partial charge is 0.398 e. The van der Waals surface area contributed by atoms with Crippen molar-refractivity contribution < 1.29 is 0 Å². The number of hydrogen-bond acceptors (Lipinski definition) is 10. The minimum absolute atomic E-state index is 0.241. The molecule has 0 aliphatic heterocycles. The lowest BCUT2D eigenvalue weighted by Crippen LogP contribution is -2.11. The van der Waals surface area contributed by atoms with Crippen molar-refractivity contribution in [3.8, 4) is 0 Å². The van der Waals surface area contributed by atoms with Crippen molar-refractivity contribution in [2.75, 3.05) is 64.0 Å². The molecule has 0 atom stereocenters. The van der Waals surface area contributed by atoms with Crippen LogP contribution in [0, 0.1) is 13.8 Å². The number of rotatable bonds is 1. The molecule has 0 spiro atoms. The zero-order valence-corrected chi connectivity index (χ0v) is 17.7. The molecule has 10 nitrogen and oxygen atoms in total. The zero-order chi connectivity index (χ0) is 23.1. The number of nitrogens with two attached hydrogens (primary N) is 9. The van der Waals surface area contributed by atoms with Crippen molar-refractivity contribution in [2.45, 2.75) is 13.8 Å². The van der Waals surface area contributed by atoms with Crippen LogP contribution in [0.2, 0.25) is 0 Å². The van der Waals surface area contributed by atoms with E-state index >= 15 is 0 Å².